The summed E-state index contributed by atoms with van der Waals surface area (Å²) in [6, 6.07) is 6.81. The van der Waals surface area contributed by atoms with Crippen molar-refractivity contribution in [2.45, 2.75) is 32.2 Å². The van der Waals surface area contributed by atoms with Crippen molar-refractivity contribution in [1.29, 1.82) is 0 Å². The van der Waals surface area contributed by atoms with Crippen LogP contribution >= 0.6 is 0 Å². The van der Waals surface area contributed by atoms with Crippen molar-refractivity contribution in [2.75, 3.05) is 13.7 Å². The lowest BCUT2D eigenvalue weighted by Gasteiger charge is -2.08. The maximum Gasteiger partial charge on any atom is 0.334 e. The number of rotatable bonds is 8. The Hall–Kier alpha value is -1.91. The minimum Gasteiger partial charge on any atom is -0.497 e. The van der Waals surface area contributed by atoms with Gasteiger partial charge in [0.2, 0.25) is 0 Å². The molecular formula is C14H19NO4. The number of aryl methyl sites for hydroxylation is 1. The predicted octanol–water partition coefficient (Wildman–Crippen LogP) is 2.72. The zero-order chi connectivity index (χ0) is 14.1. The molecule has 0 bridgehead atoms. The molecule has 19 heavy (non-hydrogen) atoms. The summed E-state index contributed by atoms with van der Waals surface area (Å²) in [5.74, 6) is 0.273. The van der Waals surface area contributed by atoms with Gasteiger partial charge in [-0.1, -0.05) is 17.3 Å². The molecule has 0 N–H and O–H groups in total. The van der Waals surface area contributed by atoms with E-state index < -0.39 is 12.0 Å². The lowest BCUT2D eigenvalue weighted by atomic mass is 10.1. The maximum absolute atomic E-state index is 11.4. The molecule has 0 amide bonds. The van der Waals surface area contributed by atoms with Gasteiger partial charge in [-0.05, 0) is 43.9 Å². The fourth-order valence-corrected chi connectivity index (χ4v) is 1.74. The SMILES string of the molecule is CCOC(=O)C(CCCc1ccc(OC)cc1)N=O. The zero-order valence-corrected chi connectivity index (χ0v) is 11.3. The first kappa shape index (κ1) is 15.1. The van der Waals surface area contributed by atoms with Crippen LogP contribution in [0.15, 0.2) is 29.4 Å². The first-order valence-electron chi connectivity index (χ1n) is 6.33. The molecule has 104 valence electrons. The van der Waals surface area contributed by atoms with E-state index in [2.05, 4.69) is 5.18 Å². The molecule has 0 aliphatic heterocycles. The number of benzene rings is 1. The smallest absolute Gasteiger partial charge is 0.334 e. The lowest BCUT2D eigenvalue weighted by Crippen LogP contribution is -2.21. The highest BCUT2D eigenvalue weighted by Gasteiger charge is 2.19. The number of carbonyl (C=O) groups excluding carboxylic acids is 1. The van der Waals surface area contributed by atoms with Crippen LogP contribution in [0.2, 0.25) is 0 Å². The number of methoxy groups -OCH3 is 1. The van der Waals surface area contributed by atoms with E-state index in [-0.39, 0.29) is 6.61 Å². The van der Waals surface area contributed by atoms with Crippen LogP contribution in [0.4, 0.5) is 0 Å². The molecule has 0 radical (unpaired) electrons. The summed E-state index contributed by atoms with van der Waals surface area (Å²) in [7, 11) is 1.62. The second-order valence-electron chi connectivity index (χ2n) is 4.11. The second kappa shape index (κ2) is 8.24. The molecule has 1 atom stereocenters. The van der Waals surface area contributed by atoms with Crippen LogP contribution < -0.4 is 4.74 Å². The Morgan fingerprint density at radius 1 is 1.32 bits per heavy atom. The van der Waals surface area contributed by atoms with E-state index in [4.69, 9.17) is 9.47 Å². The van der Waals surface area contributed by atoms with Gasteiger partial charge >= 0.3 is 5.97 Å². The van der Waals surface area contributed by atoms with E-state index in [1.54, 1.807) is 14.0 Å². The first-order valence-corrected chi connectivity index (χ1v) is 6.33. The fraction of sp³-hybridized carbons (Fsp3) is 0.500. The molecule has 0 spiro atoms. The van der Waals surface area contributed by atoms with E-state index in [9.17, 15) is 9.70 Å². The summed E-state index contributed by atoms with van der Waals surface area (Å²) < 4.78 is 9.85. The van der Waals surface area contributed by atoms with E-state index in [0.29, 0.717) is 12.8 Å². The largest absolute Gasteiger partial charge is 0.497 e. The number of nitrogens with zero attached hydrogens (tertiary/aromatic N) is 1. The fourth-order valence-electron chi connectivity index (χ4n) is 1.74. The first-order chi connectivity index (χ1) is 9.21. The van der Waals surface area contributed by atoms with Gasteiger partial charge in [0, 0.05) is 0 Å². The van der Waals surface area contributed by atoms with Gasteiger partial charge in [-0.3, -0.25) is 0 Å². The van der Waals surface area contributed by atoms with Gasteiger partial charge in [-0.2, -0.15) is 0 Å². The maximum atomic E-state index is 11.4. The van der Waals surface area contributed by atoms with Gasteiger partial charge in [0.25, 0.3) is 0 Å². The third-order valence-corrected chi connectivity index (χ3v) is 2.79. The van der Waals surface area contributed by atoms with Gasteiger partial charge in [-0.25, -0.2) is 4.79 Å². The van der Waals surface area contributed by atoms with Crippen LogP contribution in [0, 0.1) is 4.91 Å². The number of hydrogen-bond donors (Lipinski definition) is 0. The average molecular weight is 265 g/mol. The summed E-state index contributed by atoms with van der Waals surface area (Å²) in [6.07, 6.45) is 1.91. The molecule has 0 heterocycles. The molecule has 1 unspecified atom stereocenters. The molecule has 1 aromatic rings. The zero-order valence-electron chi connectivity index (χ0n) is 11.3. The molecule has 1 aromatic carbocycles. The summed E-state index contributed by atoms with van der Waals surface area (Å²) in [5.41, 5.74) is 1.13. The summed E-state index contributed by atoms with van der Waals surface area (Å²) in [6.45, 7) is 1.97. The third kappa shape index (κ3) is 5.07. The van der Waals surface area contributed by atoms with Crippen LogP contribution in [0.25, 0.3) is 0 Å². The topological polar surface area (TPSA) is 65.0 Å². The van der Waals surface area contributed by atoms with Crippen molar-refractivity contribution in [2.24, 2.45) is 5.18 Å². The second-order valence-corrected chi connectivity index (χ2v) is 4.11. The Morgan fingerprint density at radius 3 is 2.53 bits per heavy atom. The van der Waals surface area contributed by atoms with Crippen molar-refractivity contribution in [1.82, 2.24) is 0 Å². The molecule has 0 aliphatic carbocycles. The minimum atomic E-state index is -0.891. The monoisotopic (exact) mass is 265 g/mol. The molecule has 0 saturated carbocycles. The van der Waals surface area contributed by atoms with E-state index >= 15 is 0 Å². The Kier molecular flexibility index (Phi) is 6.57. The number of carbonyl (C=O) groups is 1. The lowest BCUT2D eigenvalue weighted by molar-refractivity contribution is -0.144. The highest BCUT2D eigenvalue weighted by molar-refractivity contribution is 5.75. The normalized spacial score (nSPS) is 11.7. The minimum absolute atomic E-state index is 0.267. The van der Waals surface area contributed by atoms with Gasteiger partial charge in [0.15, 0.2) is 6.04 Å². The molecule has 0 aromatic heterocycles. The molecule has 5 nitrogen and oxygen atoms in total. The van der Waals surface area contributed by atoms with Gasteiger partial charge < -0.3 is 9.47 Å². The molecular weight excluding hydrogens is 246 g/mol. The number of ether oxygens (including phenoxy) is 2. The molecule has 0 saturated heterocycles. The average Bonchev–Trinajstić information content (AvgIpc) is 2.44. The van der Waals surface area contributed by atoms with Crippen molar-refractivity contribution in [3.8, 4) is 5.75 Å². The van der Waals surface area contributed by atoms with Crippen LogP contribution in [0.5, 0.6) is 5.75 Å². The van der Waals surface area contributed by atoms with Crippen LogP contribution in [0.3, 0.4) is 0 Å². The summed E-state index contributed by atoms with van der Waals surface area (Å²) in [4.78, 5) is 21.9. The standard InChI is InChI=1S/C14H19NO4/c1-3-19-14(16)13(15-17)6-4-5-11-7-9-12(18-2)10-8-11/h7-10,13H,3-6H2,1-2H3. The van der Waals surface area contributed by atoms with Crippen molar-refractivity contribution < 1.29 is 14.3 Å². The summed E-state index contributed by atoms with van der Waals surface area (Å²) in [5, 5.41) is 2.82. The van der Waals surface area contributed by atoms with Crippen molar-refractivity contribution in [3.63, 3.8) is 0 Å². The van der Waals surface area contributed by atoms with E-state index in [1.807, 2.05) is 24.3 Å². The Balaban J connectivity index is 2.39. The Bertz CT molecular complexity index is 402. The van der Waals surface area contributed by atoms with Crippen LogP contribution in [-0.2, 0) is 16.0 Å². The highest BCUT2D eigenvalue weighted by atomic mass is 16.5. The van der Waals surface area contributed by atoms with Gasteiger partial charge in [0.1, 0.15) is 5.75 Å². The number of esters is 1. The molecule has 0 aliphatic rings. The Labute approximate surface area is 112 Å². The number of hydrogen-bond acceptors (Lipinski definition) is 5. The van der Waals surface area contributed by atoms with Gasteiger partial charge in [-0.15, -0.1) is 4.91 Å². The quantitative estimate of drug-likeness (QED) is 0.535. The van der Waals surface area contributed by atoms with Crippen LogP contribution in [-0.4, -0.2) is 25.7 Å². The van der Waals surface area contributed by atoms with Gasteiger partial charge in [0.05, 0.1) is 13.7 Å². The predicted molar refractivity (Wildman–Crippen MR) is 72.1 cm³/mol. The van der Waals surface area contributed by atoms with Crippen LogP contribution in [0.1, 0.15) is 25.3 Å². The van der Waals surface area contributed by atoms with Crippen molar-refractivity contribution in [3.05, 3.63) is 34.7 Å². The third-order valence-electron chi connectivity index (χ3n) is 2.79. The number of nitroso groups, excluding NO2 is 1. The molecule has 0 fully saturated rings. The van der Waals surface area contributed by atoms with Crippen molar-refractivity contribution >= 4 is 5.97 Å². The summed E-state index contributed by atoms with van der Waals surface area (Å²) >= 11 is 0. The molecule has 5 heteroatoms. The molecule has 1 rings (SSSR count). The Morgan fingerprint density at radius 2 is 2.00 bits per heavy atom. The van der Waals surface area contributed by atoms with E-state index in [0.717, 1.165) is 17.7 Å². The van der Waals surface area contributed by atoms with E-state index in [1.165, 1.54) is 0 Å². The highest BCUT2D eigenvalue weighted by Crippen LogP contribution is 2.14.